The number of carbonyl (C=O) groups excluding carboxylic acids is 1. The van der Waals surface area contributed by atoms with Gasteiger partial charge in [0.2, 0.25) is 15.9 Å². The van der Waals surface area contributed by atoms with Crippen molar-refractivity contribution in [1.29, 1.82) is 0 Å². The van der Waals surface area contributed by atoms with Crippen LogP contribution in [0.3, 0.4) is 0 Å². The Morgan fingerprint density at radius 1 is 1.12 bits per heavy atom. The van der Waals surface area contributed by atoms with Gasteiger partial charge < -0.3 is 10.2 Å². The fraction of sp³-hybridized carbons (Fsp3) is 0.611. The normalized spacial score (nSPS) is 13.2. The Balaban J connectivity index is 2.51. The van der Waals surface area contributed by atoms with Crippen LogP contribution in [0.4, 0.5) is 5.69 Å². The van der Waals surface area contributed by atoms with Crippen LogP contribution in [0.15, 0.2) is 24.3 Å². The molecule has 7 heteroatoms. The van der Waals surface area contributed by atoms with Gasteiger partial charge in [-0.05, 0) is 64.5 Å². The predicted octanol–water partition coefficient (Wildman–Crippen LogP) is 2.40. The van der Waals surface area contributed by atoms with E-state index in [0.717, 1.165) is 24.2 Å². The molecule has 0 saturated carbocycles. The van der Waals surface area contributed by atoms with Crippen molar-refractivity contribution in [2.75, 3.05) is 32.5 Å². The fourth-order valence-corrected chi connectivity index (χ4v) is 3.02. The van der Waals surface area contributed by atoms with Gasteiger partial charge in [0.05, 0.1) is 5.25 Å². The Morgan fingerprint density at radius 3 is 2.24 bits per heavy atom. The topological polar surface area (TPSA) is 78.5 Å². The van der Waals surface area contributed by atoms with Gasteiger partial charge in [-0.1, -0.05) is 19.1 Å². The van der Waals surface area contributed by atoms with Gasteiger partial charge in [-0.15, -0.1) is 0 Å². The van der Waals surface area contributed by atoms with Crippen LogP contribution >= 0.6 is 0 Å². The summed E-state index contributed by atoms with van der Waals surface area (Å²) in [5.41, 5.74) is 1.78. The molecule has 25 heavy (non-hydrogen) atoms. The first-order valence-corrected chi connectivity index (χ1v) is 10.2. The number of carbonyl (C=O) groups is 1. The lowest BCUT2D eigenvalue weighted by Gasteiger charge is -2.15. The smallest absolute Gasteiger partial charge is 0.224 e. The quantitative estimate of drug-likeness (QED) is 0.664. The van der Waals surface area contributed by atoms with Crippen molar-refractivity contribution in [3.8, 4) is 0 Å². The molecule has 1 unspecified atom stereocenters. The molecular weight excluding hydrogens is 338 g/mol. The third-order valence-electron chi connectivity index (χ3n) is 3.98. The molecular formula is C18H31N3O3S. The third kappa shape index (κ3) is 7.98. The van der Waals surface area contributed by atoms with E-state index in [1.54, 1.807) is 13.8 Å². The first-order valence-electron chi connectivity index (χ1n) is 8.65. The van der Waals surface area contributed by atoms with Crippen LogP contribution < -0.4 is 10.0 Å². The molecule has 142 valence electrons. The second-order valence-corrected chi connectivity index (χ2v) is 9.24. The average molecular weight is 370 g/mol. The summed E-state index contributed by atoms with van der Waals surface area (Å²) < 4.78 is 26.3. The molecule has 0 aliphatic rings. The van der Waals surface area contributed by atoms with Crippen LogP contribution in [0.5, 0.6) is 0 Å². The molecule has 0 fully saturated rings. The van der Waals surface area contributed by atoms with E-state index in [-0.39, 0.29) is 11.8 Å². The van der Waals surface area contributed by atoms with Gasteiger partial charge in [0.15, 0.2) is 0 Å². The highest BCUT2D eigenvalue weighted by Crippen LogP contribution is 2.18. The number of rotatable bonds is 10. The number of nitrogens with zero attached hydrogens (tertiary/aromatic N) is 1. The van der Waals surface area contributed by atoms with Crippen LogP contribution in [0.2, 0.25) is 0 Å². The van der Waals surface area contributed by atoms with E-state index in [9.17, 15) is 13.2 Å². The summed E-state index contributed by atoms with van der Waals surface area (Å²) in [7, 11) is 0.719. The van der Waals surface area contributed by atoms with Gasteiger partial charge in [0, 0.05) is 18.7 Å². The van der Waals surface area contributed by atoms with Crippen molar-refractivity contribution in [1.82, 2.24) is 9.62 Å². The molecule has 1 amide bonds. The maximum absolute atomic E-state index is 11.9. The van der Waals surface area contributed by atoms with Gasteiger partial charge in [-0.3, -0.25) is 4.79 Å². The highest BCUT2D eigenvalue weighted by Gasteiger charge is 2.17. The van der Waals surface area contributed by atoms with Crippen LogP contribution in [-0.4, -0.2) is 51.7 Å². The molecule has 0 bridgehead atoms. The monoisotopic (exact) mass is 369 g/mol. The van der Waals surface area contributed by atoms with Crippen molar-refractivity contribution in [3.63, 3.8) is 0 Å². The van der Waals surface area contributed by atoms with Crippen LogP contribution in [0.25, 0.3) is 0 Å². The van der Waals surface area contributed by atoms with E-state index in [1.165, 1.54) is 0 Å². The summed E-state index contributed by atoms with van der Waals surface area (Å²) in [6, 6.07) is 7.55. The lowest BCUT2D eigenvalue weighted by molar-refractivity contribution is -0.116. The number of hydrogen-bond donors (Lipinski definition) is 2. The van der Waals surface area contributed by atoms with Gasteiger partial charge in [0.1, 0.15) is 0 Å². The van der Waals surface area contributed by atoms with Crippen molar-refractivity contribution in [2.45, 2.75) is 44.8 Å². The standard InChI is InChI=1S/C18H31N3O3S/c1-14(2)25(23,24)19-13-15(3)16-8-10-17(11-9-16)20-18(22)7-6-12-21(4)5/h8-11,14-15,19H,6-7,12-13H2,1-5H3,(H,20,22). The molecule has 1 aromatic carbocycles. The first-order chi connectivity index (χ1) is 11.6. The number of anilines is 1. The minimum absolute atomic E-state index is 0.00680. The van der Waals surface area contributed by atoms with E-state index in [1.807, 2.05) is 45.3 Å². The SMILES string of the molecule is CC(CNS(=O)(=O)C(C)C)c1ccc(NC(=O)CCCN(C)C)cc1. The Bertz CT molecular complexity index is 640. The van der Waals surface area contributed by atoms with Crippen molar-refractivity contribution < 1.29 is 13.2 Å². The lowest BCUT2D eigenvalue weighted by Crippen LogP contribution is -2.33. The number of amides is 1. The van der Waals surface area contributed by atoms with Gasteiger partial charge in [-0.25, -0.2) is 13.1 Å². The molecule has 2 N–H and O–H groups in total. The number of nitrogens with one attached hydrogen (secondary N) is 2. The minimum Gasteiger partial charge on any atom is -0.326 e. The Labute approximate surface area is 152 Å². The zero-order valence-electron chi connectivity index (χ0n) is 15.9. The highest BCUT2D eigenvalue weighted by atomic mass is 32.2. The summed E-state index contributed by atoms with van der Waals surface area (Å²) >= 11 is 0. The Kier molecular flexibility index (Phi) is 8.55. The van der Waals surface area contributed by atoms with Gasteiger partial charge >= 0.3 is 0 Å². The van der Waals surface area contributed by atoms with Gasteiger partial charge in [-0.2, -0.15) is 0 Å². The van der Waals surface area contributed by atoms with Crippen molar-refractivity contribution in [2.24, 2.45) is 0 Å². The molecule has 0 spiro atoms. The Hall–Kier alpha value is -1.44. The van der Waals surface area contributed by atoms with Crippen molar-refractivity contribution in [3.05, 3.63) is 29.8 Å². The first kappa shape index (κ1) is 21.6. The van der Waals surface area contributed by atoms with E-state index in [4.69, 9.17) is 0 Å². The maximum atomic E-state index is 11.9. The maximum Gasteiger partial charge on any atom is 0.224 e. The summed E-state index contributed by atoms with van der Waals surface area (Å²) in [5, 5.41) is 2.44. The zero-order valence-corrected chi connectivity index (χ0v) is 16.7. The molecule has 1 aromatic rings. The van der Waals surface area contributed by atoms with Gasteiger partial charge in [0.25, 0.3) is 0 Å². The Morgan fingerprint density at radius 2 is 1.72 bits per heavy atom. The van der Waals surface area contributed by atoms with E-state index < -0.39 is 15.3 Å². The molecule has 1 atom stereocenters. The third-order valence-corrected chi connectivity index (χ3v) is 5.79. The second kappa shape index (κ2) is 9.89. The molecule has 0 aromatic heterocycles. The zero-order chi connectivity index (χ0) is 19.0. The summed E-state index contributed by atoms with van der Waals surface area (Å²) in [6.45, 7) is 6.52. The van der Waals surface area contributed by atoms with E-state index in [0.29, 0.717) is 13.0 Å². The number of sulfonamides is 1. The minimum atomic E-state index is -3.25. The highest BCUT2D eigenvalue weighted by molar-refractivity contribution is 7.90. The molecule has 1 rings (SSSR count). The summed E-state index contributed by atoms with van der Waals surface area (Å²) in [6.07, 6.45) is 1.32. The van der Waals surface area contributed by atoms with Crippen LogP contribution in [-0.2, 0) is 14.8 Å². The summed E-state index contributed by atoms with van der Waals surface area (Å²) in [4.78, 5) is 13.9. The van der Waals surface area contributed by atoms with E-state index >= 15 is 0 Å². The van der Waals surface area contributed by atoms with Crippen molar-refractivity contribution >= 4 is 21.6 Å². The van der Waals surface area contributed by atoms with Crippen LogP contribution in [0.1, 0.15) is 45.1 Å². The number of hydrogen-bond acceptors (Lipinski definition) is 4. The fourth-order valence-electron chi connectivity index (χ4n) is 2.20. The van der Waals surface area contributed by atoms with E-state index in [2.05, 4.69) is 14.9 Å². The second-order valence-electron chi connectivity index (χ2n) is 6.92. The molecule has 0 aliphatic carbocycles. The largest absolute Gasteiger partial charge is 0.326 e. The average Bonchev–Trinajstić information content (AvgIpc) is 2.53. The summed E-state index contributed by atoms with van der Waals surface area (Å²) in [5.74, 6) is 0.0608. The van der Waals surface area contributed by atoms with Crippen LogP contribution in [0, 0.1) is 0 Å². The molecule has 0 heterocycles. The predicted molar refractivity (Wildman–Crippen MR) is 103 cm³/mol. The molecule has 0 radical (unpaired) electrons. The molecule has 0 saturated heterocycles. The lowest BCUT2D eigenvalue weighted by atomic mass is 10.0. The molecule has 0 aliphatic heterocycles. The number of benzene rings is 1. The molecule has 6 nitrogen and oxygen atoms in total.